The molecular formula is C50H70N4O2. The number of nitrogens with one attached hydrogen (secondary N) is 4. The zero-order valence-corrected chi connectivity index (χ0v) is 36.2. The van der Waals surface area contributed by atoms with Gasteiger partial charge in [0.15, 0.2) is 0 Å². The number of carbonyl (C=O) groups is 1. The van der Waals surface area contributed by atoms with E-state index < -0.39 is 0 Å². The standard InChI is InChI=1S/C50H70N4O2/c1-30(11-24-44(55)56-10)33-14-15-34-32-13-12-31-29-50(28-27-48(31,8)35(32)25-26-49(33,34)9)42-22-20-40(53-42)46(4,5)38-18-16-36(51-38)45(2,3)37-17-19-39(52-37)47(6,7)41-21-23-43(50)54-41/h16-23,30-35,51-54H,11-15,24-29H2,1-10H3/t30-,31-,32+,33-,34+,35+,48+,49-/m1/s1. The Morgan fingerprint density at radius 2 is 1.07 bits per heavy atom. The minimum absolute atomic E-state index is 0.0548. The van der Waals surface area contributed by atoms with Gasteiger partial charge >= 0.3 is 5.97 Å². The number of aromatic amines is 4. The van der Waals surface area contributed by atoms with E-state index in [0.717, 1.165) is 36.5 Å². The van der Waals surface area contributed by atoms with Crippen molar-refractivity contribution >= 4 is 5.97 Å². The zero-order valence-electron chi connectivity index (χ0n) is 36.2. The molecule has 1 aliphatic heterocycles. The van der Waals surface area contributed by atoms with Gasteiger partial charge in [-0.25, -0.2) is 0 Å². The first-order chi connectivity index (χ1) is 26.4. The molecule has 4 fully saturated rings. The second-order valence-electron chi connectivity index (χ2n) is 21.8. The predicted molar refractivity (Wildman–Crippen MR) is 226 cm³/mol. The van der Waals surface area contributed by atoms with E-state index in [1.807, 2.05) is 0 Å². The summed E-state index contributed by atoms with van der Waals surface area (Å²) in [5.74, 6) is 4.37. The van der Waals surface area contributed by atoms with Crippen molar-refractivity contribution in [3.8, 4) is 0 Å². The van der Waals surface area contributed by atoms with Crippen molar-refractivity contribution in [2.75, 3.05) is 7.11 Å². The van der Waals surface area contributed by atoms with Gasteiger partial charge in [-0.1, -0.05) is 20.8 Å². The summed E-state index contributed by atoms with van der Waals surface area (Å²) >= 11 is 0. The largest absolute Gasteiger partial charge is 0.469 e. The van der Waals surface area contributed by atoms with Gasteiger partial charge in [0.1, 0.15) is 0 Å². The Labute approximate surface area is 336 Å². The average Bonchev–Trinajstić information content (AvgIpc) is 4.02. The summed E-state index contributed by atoms with van der Waals surface area (Å²) in [6, 6.07) is 18.9. The summed E-state index contributed by atoms with van der Waals surface area (Å²) in [5, 5.41) is 0. The summed E-state index contributed by atoms with van der Waals surface area (Å²) in [5.41, 5.74) is 10.3. The topological polar surface area (TPSA) is 89.5 Å². The van der Waals surface area contributed by atoms with Crippen LogP contribution in [0.2, 0.25) is 0 Å². The van der Waals surface area contributed by atoms with E-state index in [0.29, 0.717) is 29.1 Å². The van der Waals surface area contributed by atoms with Crippen LogP contribution in [-0.2, 0) is 31.2 Å². The van der Waals surface area contributed by atoms with Crippen LogP contribution in [0.15, 0.2) is 48.5 Å². The van der Waals surface area contributed by atoms with Gasteiger partial charge in [-0.2, -0.15) is 0 Å². The number of hydrogen-bond acceptors (Lipinski definition) is 2. The van der Waals surface area contributed by atoms with Crippen LogP contribution in [0.1, 0.15) is 178 Å². The number of fused-ring (bicyclic) bond motifs is 15. The Morgan fingerprint density at radius 1 is 0.607 bits per heavy atom. The highest BCUT2D eigenvalue weighted by Gasteiger charge is 2.62. The highest BCUT2D eigenvalue weighted by molar-refractivity contribution is 5.69. The molecule has 1 spiro atoms. The normalized spacial score (nSPS) is 33.9. The number of aromatic nitrogens is 4. The third-order valence-corrected chi connectivity index (χ3v) is 18.4. The van der Waals surface area contributed by atoms with Crippen LogP contribution in [0, 0.1) is 46.3 Å². The molecule has 0 saturated heterocycles. The van der Waals surface area contributed by atoms with Crippen LogP contribution in [0.4, 0.5) is 0 Å². The highest BCUT2D eigenvalue weighted by Crippen LogP contribution is 2.70. The fraction of sp³-hybridized carbons (Fsp3) is 0.660. The number of hydrogen-bond donors (Lipinski definition) is 4. The summed E-state index contributed by atoms with van der Waals surface area (Å²) in [4.78, 5) is 28.2. The Morgan fingerprint density at radius 3 is 1.57 bits per heavy atom. The van der Waals surface area contributed by atoms with E-state index in [9.17, 15) is 4.79 Å². The van der Waals surface area contributed by atoms with Crippen molar-refractivity contribution in [2.45, 2.75) is 155 Å². The number of methoxy groups -OCH3 is 1. The summed E-state index contributed by atoms with van der Waals surface area (Å²) in [6.07, 6.45) is 13.3. The van der Waals surface area contributed by atoms with Gasteiger partial charge in [-0.05, 0) is 201 Å². The van der Waals surface area contributed by atoms with Gasteiger partial charge in [-0.3, -0.25) is 4.79 Å². The van der Waals surface area contributed by atoms with Crippen molar-refractivity contribution in [3.63, 3.8) is 0 Å². The molecule has 4 N–H and O–H groups in total. The highest BCUT2D eigenvalue weighted by atomic mass is 16.5. The van der Waals surface area contributed by atoms with Gasteiger partial charge < -0.3 is 24.7 Å². The summed E-state index contributed by atoms with van der Waals surface area (Å²) < 4.78 is 5.03. The van der Waals surface area contributed by atoms with Crippen LogP contribution < -0.4 is 0 Å². The van der Waals surface area contributed by atoms with E-state index >= 15 is 0 Å². The average molecular weight is 759 g/mol. The third kappa shape index (κ3) is 5.41. The lowest BCUT2D eigenvalue weighted by atomic mass is 9.42. The molecule has 4 saturated carbocycles. The second-order valence-corrected chi connectivity index (χ2v) is 21.8. The molecule has 56 heavy (non-hydrogen) atoms. The van der Waals surface area contributed by atoms with Crippen LogP contribution in [0.25, 0.3) is 0 Å². The number of H-pyrrole nitrogens is 4. The van der Waals surface area contributed by atoms with Crippen LogP contribution in [-0.4, -0.2) is 33.0 Å². The molecule has 4 aromatic heterocycles. The minimum atomic E-state index is -0.208. The molecule has 0 amide bonds. The van der Waals surface area contributed by atoms with Gasteiger partial charge in [0.2, 0.25) is 0 Å². The number of rotatable bonds is 4. The summed E-state index contributed by atoms with van der Waals surface area (Å²) in [7, 11) is 1.53. The number of ether oxygens (including phenoxy) is 1. The molecule has 4 aromatic rings. The molecule has 8 bridgehead atoms. The van der Waals surface area contributed by atoms with Crippen LogP contribution in [0.5, 0.6) is 0 Å². The van der Waals surface area contributed by atoms with E-state index in [-0.39, 0.29) is 27.6 Å². The van der Waals surface area contributed by atoms with E-state index in [2.05, 4.69) is 131 Å². The van der Waals surface area contributed by atoms with E-state index in [4.69, 9.17) is 4.74 Å². The first-order valence-electron chi connectivity index (χ1n) is 22.3. The maximum Gasteiger partial charge on any atom is 0.305 e. The Kier molecular flexibility index (Phi) is 8.71. The molecule has 5 heterocycles. The Bertz CT molecular complexity index is 2010. The molecule has 0 radical (unpaired) electrons. The third-order valence-electron chi connectivity index (χ3n) is 18.4. The maximum atomic E-state index is 12.1. The Balaban J connectivity index is 1.06. The molecule has 6 heteroatoms. The molecule has 9 rings (SSSR count). The molecule has 5 aliphatic rings. The van der Waals surface area contributed by atoms with Gasteiger partial charge in [0.05, 0.1) is 12.5 Å². The molecule has 302 valence electrons. The van der Waals surface area contributed by atoms with Gasteiger partial charge in [0.25, 0.3) is 0 Å². The molecule has 6 nitrogen and oxygen atoms in total. The fourth-order valence-corrected chi connectivity index (χ4v) is 14.3. The SMILES string of the molecule is COC(=O)CC[C@@H](C)[C@H]1CC[C@H]2[C@@H]3CC[C@@H]4CC5(CC[C@]4(C)[C@H]3CC[C@]12C)c1ccc([nH]1)C(C)(C)c1ccc([nH]1)C(C)(C)c1ccc([nH]1)C(C)(C)c1ccc5[nH]1. The fourth-order valence-electron chi connectivity index (χ4n) is 14.3. The van der Waals surface area contributed by atoms with Crippen molar-refractivity contribution in [3.05, 3.63) is 94.1 Å². The lowest BCUT2D eigenvalue weighted by Crippen LogP contribution is -2.55. The van der Waals surface area contributed by atoms with E-state index in [1.165, 1.54) is 104 Å². The molecule has 0 unspecified atom stereocenters. The smallest absolute Gasteiger partial charge is 0.305 e. The predicted octanol–water partition coefficient (Wildman–Crippen LogP) is 11.8. The molecule has 4 aliphatic carbocycles. The van der Waals surface area contributed by atoms with Crippen molar-refractivity contribution in [2.24, 2.45) is 46.3 Å². The molecular weight excluding hydrogens is 689 g/mol. The zero-order chi connectivity index (χ0) is 39.6. The Hall–Kier alpha value is -3.41. The van der Waals surface area contributed by atoms with Crippen LogP contribution in [0.3, 0.4) is 0 Å². The first-order valence-corrected chi connectivity index (χ1v) is 22.3. The van der Waals surface area contributed by atoms with E-state index in [1.54, 1.807) is 0 Å². The number of esters is 1. The van der Waals surface area contributed by atoms with Crippen molar-refractivity contribution in [1.29, 1.82) is 0 Å². The monoisotopic (exact) mass is 759 g/mol. The lowest BCUT2D eigenvalue weighted by molar-refractivity contribution is -0.141. The van der Waals surface area contributed by atoms with Gasteiger partial charge in [-0.15, -0.1) is 0 Å². The lowest BCUT2D eigenvalue weighted by Gasteiger charge is -2.63. The summed E-state index contributed by atoms with van der Waals surface area (Å²) in [6.45, 7) is 21.9. The first kappa shape index (κ1) is 38.1. The van der Waals surface area contributed by atoms with Crippen LogP contribution >= 0.6 is 0 Å². The van der Waals surface area contributed by atoms with Crippen molar-refractivity contribution in [1.82, 2.24) is 19.9 Å². The van der Waals surface area contributed by atoms with Crippen molar-refractivity contribution < 1.29 is 9.53 Å². The molecule has 0 aromatic carbocycles. The number of carbonyl (C=O) groups excluding carboxylic acids is 1. The van der Waals surface area contributed by atoms with Gasteiger partial charge in [0, 0.05) is 68.2 Å². The maximum absolute atomic E-state index is 12.1. The second kappa shape index (κ2) is 12.8. The minimum Gasteiger partial charge on any atom is -0.469 e. The molecule has 8 atom stereocenters. The quantitative estimate of drug-likeness (QED) is 0.156.